The number of halogens is 4. The first-order valence-electron chi connectivity index (χ1n) is 4.36. The van der Waals surface area contributed by atoms with Gasteiger partial charge in [-0.1, -0.05) is 11.6 Å². The topological polar surface area (TPSA) is 40.5 Å². The van der Waals surface area contributed by atoms with Gasteiger partial charge in [0.25, 0.3) is 0 Å². The van der Waals surface area contributed by atoms with Crippen molar-refractivity contribution in [3.63, 3.8) is 0 Å². The van der Waals surface area contributed by atoms with Gasteiger partial charge in [-0.25, -0.2) is 0 Å². The third-order valence-electron chi connectivity index (χ3n) is 2.01. The maximum absolute atomic E-state index is 12.3. The van der Waals surface area contributed by atoms with Gasteiger partial charge in [-0.2, -0.15) is 13.2 Å². The predicted molar refractivity (Wildman–Crippen MR) is 53.4 cm³/mol. The summed E-state index contributed by atoms with van der Waals surface area (Å²) in [5.41, 5.74) is -2.68. The molecule has 0 heterocycles. The van der Waals surface area contributed by atoms with Crippen molar-refractivity contribution in [2.45, 2.75) is 25.6 Å². The number of hydrogen-bond donors (Lipinski definition) is 2. The minimum Gasteiger partial charge on any atom is -0.507 e. The largest absolute Gasteiger partial charge is 0.507 e. The minimum atomic E-state index is -4.58. The van der Waals surface area contributed by atoms with Crippen LogP contribution in [0.4, 0.5) is 13.2 Å². The highest BCUT2D eigenvalue weighted by Crippen LogP contribution is 2.40. The maximum Gasteiger partial charge on any atom is 0.416 e. The van der Waals surface area contributed by atoms with Crippen molar-refractivity contribution in [3.05, 3.63) is 28.3 Å². The number of phenols is 1. The summed E-state index contributed by atoms with van der Waals surface area (Å²) >= 11 is 5.61. The Kier molecular flexibility index (Phi) is 3.13. The molecule has 0 unspecified atom stereocenters. The quantitative estimate of drug-likeness (QED) is 0.807. The maximum atomic E-state index is 12.3. The molecular weight excluding hydrogens is 245 g/mol. The van der Waals surface area contributed by atoms with E-state index in [4.69, 9.17) is 11.6 Å². The zero-order valence-corrected chi connectivity index (χ0v) is 9.32. The van der Waals surface area contributed by atoms with Gasteiger partial charge in [-0.3, -0.25) is 0 Å². The summed E-state index contributed by atoms with van der Waals surface area (Å²) < 4.78 is 37.0. The van der Waals surface area contributed by atoms with Crippen LogP contribution in [0.25, 0.3) is 0 Å². The molecule has 0 radical (unpaired) electrons. The lowest BCUT2D eigenvalue weighted by Gasteiger charge is -2.21. The molecule has 2 nitrogen and oxygen atoms in total. The molecule has 0 aliphatic heterocycles. The van der Waals surface area contributed by atoms with Gasteiger partial charge in [-0.05, 0) is 26.0 Å². The van der Waals surface area contributed by atoms with Crippen molar-refractivity contribution in [2.24, 2.45) is 0 Å². The molecule has 0 aromatic heterocycles. The number of rotatable bonds is 1. The Labute approximate surface area is 95.3 Å². The molecule has 0 amide bonds. The molecule has 0 spiro atoms. The summed E-state index contributed by atoms with van der Waals surface area (Å²) in [4.78, 5) is 0. The van der Waals surface area contributed by atoms with E-state index in [1.54, 1.807) is 0 Å². The highest BCUT2D eigenvalue weighted by atomic mass is 35.5. The molecule has 0 fully saturated rings. The summed E-state index contributed by atoms with van der Waals surface area (Å²) in [5.74, 6) is -0.674. The van der Waals surface area contributed by atoms with E-state index in [0.29, 0.717) is 12.1 Å². The van der Waals surface area contributed by atoms with Crippen LogP contribution in [0.5, 0.6) is 5.75 Å². The van der Waals surface area contributed by atoms with Crippen LogP contribution in [-0.4, -0.2) is 10.2 Å². The summed E-state index contributed by atoms with van der Waals surface area (Å²) in [6.07, 6.45) is -4.58. The average molecular weight is 255 g/mol. The fourth-order valence-corrected chi connectivity index (χ4v) is 1.81. The van der Waals surface area contributed by atoms with Crippen LogP contribution < -0.4 is 0 Å². The van der Waals surface area contributed by atoms with Crippen LogP contribution in [0.2, 0.25) is 5.02 Å². The molecule has 1 aromatic carbocycles. The highest BCUT2D eigenvalue weighted by molar-refractivity contribution is 6.31. The normalized spacial score (nSPS) is 12.9. The highest BCUT2D eigenvalue weighted by Gasteiger charge is 2.34. The Hall–Kier alpha value is -0.940. The number of aromatic hydroxyl groups is 1. The lowest BCUT2D eigenvalue weighted by Crippen LogP contribution is -2.17. The van der Waals surface area contributed by atoms with Crippen LogP contribution in [0, 0.1) is 0 Å². The van der Waals surface area contributed by atoms with Crippen molar-refractivity contribution in [2.75, 3.05) is 0 Å². The van der Waals surface area contributed by atoms with Gasteiger partial charge in [0.1, 0.15) is 5.75 Å². The summed E-state index contributed by atoms with van der Waals surface area (Å²) in [6, 6.07) is 1.22. The van der Waals surface area contributed by atoms with Crippen LogP contribution in [0.3, 0.4) is 0 Å². The molecule has 1 aromatic rings. The molecule has 0 aliphatic carbocycles. The van der Waals surface area contributed by atoms with E-state index in [1.165, 1.54) is 13.8 Å². The molecule has 0 saturated carbocycles. The molecule has 0 saturated heterocycles. The molecule has 0 bridgehead atoms. The first kappa shape index (κ1) is 13.1. The Morgan fingerprint density at radius 3 is 2.00 bits per heavy atom. The Balaban J connectivity index is 3.41. The molecule has 16 heavy (non-hydrogen) atoms. The summed E-state index contributed by atoms with van der Waals surface area (Å²) in [7, 11) is 0. The average Bonchev–Trinajstić information content (AvgIpc) is 1.97. The van der Waals surface area contributed by atoms with Gasteiger partial charge >= 0.3 is 6.18 Å². The molecular formula is C10H10ClF3O2. The van der Waals surface area contributed by atoms with E-state index >= 15 is 0 Å². The fraction of sp³-hybridized carbons (Fsp3) is 0.400. The lowest BCUT2D eigenvalue weighted by atomic mass is 9.96. The van der Waals surface area contributed by atoms with Gasteiger partial charge in [0.05, 0.1) is 16.2 Å². The SMILES string of the molecule is CC(C)(O)c1c(O)cc(C(F)(F)F)cc1Cl. The molecule has 0 aliphatic rings. The first-order chi connectivity index (χ1) is 7.03. The minimum absolute atomic E-state index is 0.123. The van der Waals surface area contributed by atoms with Crippen molar-refractivity contribution in [1.29, 1.82) is 0 Å². The van der Waals surface area contributed by atoms with Crippen molar-refractivity contribution in [3.8, 4) is 5.75 Å². The van der Waals surface area contributed by atoms with Crippen LogP contribution in [-0.2, 0) is 11.8 Å². The number of alkyl halides is 3. The summed E-state index contributed by atoms with van der Waals surface area (Å²) in [5, 5.41) is 18.7. The lowest BCUT2D eigenvalue weighted by molar-refractivity contribution is -0.137. The van der Waals surface area contributed by atoms with Crippen molar-refractivity contribution >= 4 is 11.6 Å². The second-order valence-corrected chi connectivity index (χ2v) is 4.32. The summed E-state index contributed by atoms with van der Waals surface area (Å²) in [6.45, 7) is 2.64. The van der Waals surface area contributed by atoms with Crippen LogP contribution in [0.1, 0.15) is 25.0 Å². The van der Waals surface area contributed by atoms with Gasteiger partial charge < -0.3 is 10.2 Å². The van der Waals surface area contributed by atoms with E-state index in [1.807, 2.05) is 0 Å². The third-order valence-corrected chi connectivity index (χ3v) is 2.31. The van der Waals surface area contributed by atoms with Crippen molar-refractivity contribution in [1.82, 2.24) is 0 Å². The van der Waals surface area contributed by atoms with E-state index in [2.05, 4.69) is 0 Å². The van der Waals surface area contributed by atoms with Gasteiger partial charge in [0.2, 0.25) is 0 Å². The van der Waals surface area contributed by atoms with E-state index in [-0.39, 0.29) is 10.6 Å². The Morgan fingerprint density at radius 2 is 1.69 bits per heavy atom. The fourth-order valence-electron chi connectivity index (χ4n) is 1.36. The second kappa shape index (κ2) is 3.82. The third kappa shape index (κ3) is 2.59. The monoisotopic (exact) mass is 254 g/mol. The van der Waals surface area contributed by atoms with Gasteiger partial charge in [-0.15, -0.1) is 0 Å². The number of hydrogen-bond acceptors (Lipinski definition) is 2. The smallest absolute Gasteiger partial charge is 0.416 e. The standard InChI is InChI=1S/C10H10ClF3O2/c1-9(2,16)8-6(11)3-5(4-7(8)15)10(12,13)14/h3-4,15-16H,1-2H3. The Morgan fingerprint density at radius 1 is 1.19 bits per heavy atom. The first-order valence-corrected chi connectivity index (χ1v) is 4.74. The van der Waals surface area contributed by atoms with Crippen LogP contribution in [0.15, 0.2) is 12.1 Å². The van der Waals surface area contributed by atoms with E-state index < -0.39 is 23.1 Å². The molecule has 1 rings (SSSR count). The number of phenolic OH excluding ortho intramolecular Hbond substituents is 1. The van der Waals surface area contributed by atoms with Crippen LogP contribution >= 0.6 is 11.6 Å². The second-order valence-electron chi connectivity index (χ2n) is 3.91. The van der Waals surface area contributed by atoms with E-state index in [9.17, 15) is 23.4 Å². The molecule has 2 N–H and O–H groups in total. The molecule has 6 heteroatoms. The van der Waals surface area contributed by atoms with Gasteiger partial charge in [0, 0.05) is 5.56 Å². The number of benzene rings is 1. The van der Waals surface area contributed by atoms with Gasteiger partial charge in [0.15, 0.2) is 0 Å². The Bertz CT molecular complexity index is 385. The predicted octanol–water partition coefficient (Wildman–Crippen LogP) is 3.29. The molecule has 0 atom stereocenters. The zero-order chi connectivity index (χ0) is 12.7. The number of aliphatic hydroxyl groups is 1. The zero-order valence-electron chi connectivity index (χ0n) is 8.56. The molecule has 90 valence electrons. The van der Waals surface area contributed by atoms with Crippen molar-refractivity contribution < 1.29 is 23.4 Å². The van der Waals surface area contributed by atoms with E-state index in [0.717, 1.165) is 0 Å².